The minimum atomic E-state index is -0.564. The van der Waals surface area contributed by atoms with Gasteiger partial charge < -0.3 is 5.73 Å². The lowest BCUT2D eigenvalue weighted by Gasteiger charge is -1.98. The highest BCUT2D eigenvalue weighted by Crippen LogP contribution is 2.26. The molecule has 0 aliphatic rings. The van der Waals surface area contributed by atoms with Crippen molar-refractivity contribution in [1.29, 1.82) is 0 Å². The summed E-state index contributed by atoms with van der Waals surface area (Å²) in [4.78, 5) is 0.995. The Morgan fingerprint density at radius 2 is 1.67 bits per heavy atom. The van der Waals surface area contributed by atoms with Crippen LogP contribution in [0.3, 0.4) is 0 Å². The first kappa shape index (κ1) is 10.3. The van der Waals surface area contributed by atoms with Crippen LogP contribution in [0, 0.1) is 11.6 Å². The largest absolute Gasteiger partial charge is 0.326 e. The zero-order valence-corrected chi connectivity index (χ0v) is 8.65. The molecular weight excluding hydrogens is 216 g/mol. The first-order valence-corrected chi connectivity index (χ1v) is 5.31. The Labute approximate surface area is 90.2 Å². The lowest BCUT2D eigenvalue weighted by Crippen LogP contribution is -1.91. The standard InChI is InChI=1S/C11H9F2NS/c12-9-1-7(2-10(13)4-9)8-3-11(5-14)15-6-8/h1-4,6H,5,14H2. The molecule has 0 aliphatic carbocycles. The zero-order chi connectivity index (χ0) is 10.8. The van der Waals surface area contributed by atoms with Gasteiger partial charge in [-0.15, -0.1) is 11.3 Å². The van der Waals surface area contributed by atoms with Crippen LogP contribution in [-0.2, 0) is 6.54 Å². The fourth-order valence-corrected chi connectivity index (χ4v) is 2.13. The van der Waals surface area contributed by atoms with Crippen LogP contribution in [0.1, 0.15) is 4.88 Å². The van der Waals surface area contributed by atoms with Gasteiger partial charge in [0.25, 0.3) is 0 Å². The van der Waals surface area contributed by atoms with Gasteiger partial charge in [0.2, 0.25) is 0 Å². The van der Waals surface area contributed by atoms with Crippen LogP contribution in [0.2, 0.25) is 0 Å². The molecule has 1 heterocycles. The highest BCUT2D eigenvalue weighted by Gasteiger charge is 2.05. The van der Waals surface area contributed by atoms with E-state index < -0.39 is 11.6 Å². The second kappa shape index (κ2) is 4.08. The zero-order valence-electron chi connectivity index (χ0n) is 7.84. The molecule has 0 amide bonds. The van der Waals surface area contributed by atoms with Crippen molar-refractivity contribution in [3.05, 3.63) is 46.2 Å². The molecule has 0 radical (unpaired) electrons. The van der Waals surface area contributed by atoms with Crippen molar-refractivity contribution in [3.63, 3.8) is 0 Å². The molecule has 0 saturated heterocycles. The Morgan fingerprint density at radius 3 is 2.20 bits per heavy atom. The molecule has 0 aliphatic heterocycles. The average Bonchev–Trinajstić information content (AvgIpc) is 2.64. The van der Waals surface area contributed by atoms with E-state index in [0.717, 1.165) is 16.5 Å². The highest BCUT2D eigenvalue weighted by atomic mass is 32.1. The third-order valence-electron chi connectivity index (χ3n) is 2.05. The van der Waals surface area contributed by atoms with Crippen molar-refractivity contribution in [2.24, 2.45) is 5.73 Å². The van der Waals surface area contributed by atoms with Crippen molar-refractivity contribution in [2.75, 3.05) is 0 Å². The molecule has 4 heteroatoms. The van der Waals surface area contributed by atoms with E-state index in [-0.39, 0.29) is 0 Å². The maximum Gasteiger partial charge on any atom is 0.126 e. The van der Waals surface area contributed by atoms with Crippen LogP contribution in [-0.4, -0.2) is 0 Å². The first-order chi connectivity index (χ1) is 7.19. The summed E-state index contributed by atoms with van der Waals surface area (Å²) in [5.74, 6) is -1.13. The normalized spacial score (nSPS) is 10.6. The topological polar surface area (TPSA) is 26.0 Å². The summed E-state index contributed by atoms with van der Waals surface area (Å²) in [7, 11) is 0. The number of halogens is 2. The summed E-state index contributed by atoms with van der Waals surface area (Å²) >= 11 is 1.49. The van der Waals surface area contributed by atoms with Gasteiger partial charge in [-0.25, -0.2) is 8.78 Å². The van der Waals surface area contributed by atoms with Crippen LogP contribution >= 0.6 is 11.3 Å². The van der Waals surface area contributed by atoms with E-state index in [2.05, 4.69) is 0 Å². The molecule has 2 aromatic rings. The summed E-state index contributed by atoms with van der Waals surface area (Å²) in [5, 5.41) is 1.84. The smallest absolute Gasteiger partial charge is 0.126 e. The van der Waals surface area contributed by atoms with Crippen LogP contribution < -0.4 is 5.73 Å². The van der Waals surface area contributed by atoms with E-state index in [0.29, 0.717) is 12.1 Å². The van der Waals surface area contributed by atoms with Gasteiger partial charge in [0.1, 0.15) is 11.6 Å². The van der Waals surface area contributed by atoms with Crippen molar-refractivity contribution in [3.8, 4) is 11.1 Å². The molecule has 1 nitrogen and oxygen atoms in total. The van der Waals surface area contributed by atoms with Gasteiger partial charge in [0, 0.05) is 17.5 Å². The lowest BCUT2D eigenvalue weighted by molar-refractivity contribution is 0.584. The molecule has 0 spiro atoms. The van der Waals surface area contributed by atoms with E-state index in [1.807, 2.05) is 11.4 Å². The molecular formula is C11H9F2NS. The molecule has 2 rings (SSSR count). The van der Waals surface area contributed by atoms with E-state index in [1.54, 1.807) is 0 Å². The number of benzene rings is 1. The summed E-state index contributed by atoms with van der Waals surface area (Å²) in [6.07, 6.45) is 0. The molecule has 2 N–H and O–H groups in total. The summed E-state index contributed by atoms with van der Waals surface area (Å²) in [6, 6.07) is 5.33. The average molecular weight is 225 g/mol. The van der Waals surface area contributed by atoms with Crippen LogP contribution in [0.25, 0.3) is 11.1 Å². The Morgan fingerprint density at radius 1 is 1.00 bits per heavy atom. The minimum Gasteiger partial charge on any atom is -0.326 e. The van der Waals surface area contributed by atoms with Crippen LogP contribution in [0.5, 0.6) is 0 Å². The van der Waals surface area contributed by atoms with Gasteiger partial charge in [-0.2, -0.15) is 0 Å². The Bertz CT molecular complexity index is 459. The molecule has 1 aromatic carbocycles. The van der Waals surface area contributed by atoms with E-state index in [4.69, 9.17) is 5.73 Å². The fourth-order valence-electron chi connectivity index (χ4n) is 1.36. The number of hydrogen-bond acceptors (Lipinski definition) is 2. The number of rotatable bonds is 2. The molecule has 78 valence electrons. The predicted octanol–water partition coefficient (Wildman–Crippen LogP) is 3.15. The third-order valence-corrected chi connectivity index (χ3v) is 3.01. The van der Waals surface area contributed by atoms with Crippen molar-refractivity contribution in [1.82, 2.24) is 0 Å². The first-order valence-electron chi connectivity index (χ1n) is 4.43. The van der Waals surface area contributed by atoms with Crippen molar-refractivity contribution < 1.29 is 8.78 Å². The lowest BCUT2D eigenvalue weighted by atomic mass is 10.1. The number of hydrogen-bond donors (Lipinski definition) is 1. The molecule has 0 unspecified atom stereocenters. The molecule has 0 saturated carbocycles. The highest BCUT2D eigenvalue weighted by molar-refractivity contribution is 7.10. The maximum atomic E-state index is 12.9. The predicted molar refractivity (Wildman–Crippen MR) is 57.6 cm³/mol. The maximum absolute atomic E-state index is 12.9. The Balaban J connectivity index is 2.44. The van der Waals surface area contributed by atoms with Crippen LogP contribution in [0.15, 0.2) is 29.6 Å². The monoisotopic (exact) mass is 225 g/mol. The van der Waals surface area contributed by atoms with Gasteiger partial charge in [-0.3, -0.25) is 0 Å². The second-order valence-electron chi connectivity index (χ2n) is 3.16. The number of thiophene rings is 1. The van der Waals surface area contributed by atoms with Gasteiger partial charge in [0.15, 0.2) is 0 Å². The third kappa shape index (κ3) is 2.22. The van der Waals surface area contributed by atoms with E-state index in [9.17, 15) is 8.78 Å². The summed E-state index contributed by atoms with van der Waals surface area (Å²) in [6.45, 7) is 0.447. The van der Waals surface area contributed by atoms with Gasteiger partial charge >= 0.3 is 0 Å². The van der Waals surface area contributed by atoms with Gasteiger partial charge in [-0.1, -0.05) is 0 Å². The Hall–Kier alpha value is -1.26. The van der Waals surface area contributed by atoms with Crippen LogP contribution in [0.4, 0.5) is 8.78 Å². The molecule has 1 aromatic heterocycles. The Kier molecular flexibility index (Phi) is 2.79. The molecule has 15 heavy (non-hydrogen) atoms. The molecule has 0 atom stereocenters. The SMILES string of the molecule is NCc1cc(-c2cc(F)cc(F)c2)cs1. The second-order valence-corrected chi connectivity index (χ2v) is 4.16. The van der Waals surface area contributed by atoms with Gasteiger partial charge in [0.05, 0.1) is 0 Å². The molecule has 0 fully saturated rings. The van der Waals surface area contributed by atoms with Crippen molar-refractivity contribution in [2.45, 2.75) is 6.54 Å². The summed E-state index contributed by atoms with van der Waals surface area (Å²) < 4.78 is 25.9. The molecule has 0 bridgehead atoms. The quantitative estimate of drug-likeness (QED) is 0.834. The van der Waals surface area contributed by atoms with Gasteiger partial charge in [-0.05, 0) is 34.7 Å². The fraction of sp³-hybridized carbons (Fsp3) is 0.0909. The number of nitrogens with two attached hydrogens (primary N) is 1. The van der Waals surface area contributed by atoms with Crippen molar-refractivity contribution >= 4 is 11.3 Å². The minimum absolute atomic E-state index is 0.447. The van der Waals surface area contributed by atoms with E-state index >= 15 is 0 Å². The summed E-state index contributed by atoms with van der Waals surface area (Å²) in [5.41, 5.74) is 6.81. The van der Waals surface area contributed by atoms with E-state index in [1.165, 1.54) is 23.5 Å².